The zero-order valence-electron chi connectivity index (χ0n) is 9.15. The van der Waals surface area contributed by atoms with Crippen molar-refractivity contribution in [3.8, 4) is 11.3 Å². The lowest BCUT2D eigenvalue weighted by molar-refractivity contribution is -0.752. The van der Waals surface area contributed by atoms with E-state index in [1.165, 1.54) is 0 Å². The van der Waals surface area contributed by atoms with Crippen LogP contribution in [0.3, 0.4) is 0 Å². The first-order valence-electron chi connectivity index (χ1n) is 5.25. The summed E-state index contributed by atoms with van der Waals surface area (Å²) >= 11 is 0. The molecular formula is C12H12N3O2+. The minimum absolute atomic E-state index is 0.0700. The van der Waals surface area contributed by atoms with Crippen molar-refractivity contribution >= 4 is 5.97 Å². The van der Waals surface area contributed by atoms with Gasteiger partial charge in [-0.05, 0) is 17.2 Å². The molecule has 0 amide bonds. The predicted octanol–water partition coefficient (Wildman–Crippen LogP) is 0.906. The van der Waals surface area contributed by atoms with Crippen molar-refractivity contribution in [1.29, 1.82) is 0 Å². The van der Waals surface area contributed by atoms with Crippen LogP contribution in [0.25, 0.3) is 11.3 Å². The fraction of sp³-hybridized carbons (Fsp3) is 0.167. The molecule has 2 aromatic rings. The molecule has 0 aliphatic carbocycles. The van der Waals surface area contributed by atoms with Gasteiger partial charge in [0.2, 0.25) is 0 Å². The molecule has 2 heterocycles. The van der Waals surface area contributed by atoms with Gasteiger partial charge in [-0.25, -0.2) is 0 Å². The third-order valence-corrected chi connectivity index (χ3v) is 2.29. The molecule has 0 unspecified atom stereocenters. The lowest BCUT2D eigenvalue weighted by Gasteiger charge is -1.97. The molecule has 0 spiro atoms. The van der Waals surface area contributed by atoms with Crippen molar-refractivity contribution in [3.05, 3.63) is 42.9 Å². The molecule has 0 aliphatic rings. The molecule has 2 rings (SSSR count). The second kappa shape index (κ2) is 5.16. The summed E-state index contributed by atoms with van der Waals surface area (Å²) in [4.78, 5) is 14.6. The van der Waals surface area contributed by atoms with Gasteiger partial charge in [0.15, 0.2) is 12.7 Å². The summed E-state index contributed by atoms with van der Waals surface area (Å²) in [7, 11) is 0. The van der Waals surface area contributed by atoms with Crippen LogP contribution in [-0.2, 0) is 11.3 Å². The third kappa shape index (κ3) is 3.07. The number of aromatic nitrogens is 3. The Labute approximate surface area is 98.4 Å². The summed E-state index contributed by atoms with van der Waals surface area (Å²) in [5.74, 6) is -0.826. The molecule has 0 saturated carbocycles. The number of nitrogens with zero attached hydrogens (tertiary/aromatic N) is 3. The quantitative estimate of drug-likeness (QED) is 0.793. The standard InChI is InChI=1S/C12H11N3O2/c16-12(17)5-8-15-7-4-10(9-14-15)11-3-1-2-6-13-11/h1-4,6-7,9H,5,8H2/p+1. The maximum atomic E-state index is 10.4. The minimum atomic E-state index is -0.826. The highest BCUT2D eigenvalue weighted by Gasteiger charge is 2.07. The fourth-order valence-electron chi connectivity index (χ4n) is 1.41. The number of hydrogen-bond acceptors (Lipinski definition) is 3. The number of carboxylic acids is 1. The number of carbonyl (C=O) groups is 1. The first kappa shape index (κ1) is 11.2. The Hall–Kier alpha value is -2.30. The summed E-state index contributed by atoms with van der Waals surface area (Å²) in [5, 5.41) is 12.7. The van der Waals surface area contributed by atoms with Gasteiger partial charge in [0.25, 0.3) is 0 Å². The highest BCUT2D eigenvalue weighted by Crippen LogP contribution is 2.12. The van der Waals surface area contributed by atoms with Gasteiger partial charge in [-0.3, -0.25) is 9.78 Å². The normalized spacial score (nSPS) is 10.1. The van der Waals surface area contributed by atoms with Gasteiger partial charge in [-0.15, -0.1) is 0 Å². The smallest absolute Gasteiger partial charge is 0.309 e. The monoisotopic (exact) mass is 230 g/mol. The van der Waals surface area contributed by atoms with E-state index in [4.69, 9.17) is 5.11 Å². The molecule has 0 aliphatic heterocycles. The van der Waals surface area contributed by atoms with Gasteiger partial charge >= 0.3 is 5.97 Å². The Morgan fingerprint density at radius 2 is 2.24 bits per heavy atom. The van der Waals surface area contributed by atoms with Crippen molar-refractivity contribution in [2.75, 3.05) is 0 Å². The van der Waals surface area contributed by atoms with Crippen LogP contribution >= 0.6 is 0 Å². The van der Waals surface area contributed by atoms with E-state index in [-0.39, 0.29) is 6.42 Å². The Morgan fingerprint density at radius 3 is 2.82 bits per heavy atom. The average molecular weight is 230 g/mol. The maximum absolute atomic E-state index is 10.4. The highest BCUT2D eigenvalue weighted by atomic mass is 16.4. The first-order chi connectivity index (χ1) is 8.25. The van der Waals surface area contributed by atoms with Crippen LogP contribution < -0.4 is 4.68 Å². The molecule has 0 aromatic carbocycles. The molecule has 0 fully saturated rings. The van der Waals surface area contributed by atoms with Crippen molar-refractivity contribution in [1.82, 2.24) is 10.1 Å². The van der Waals surface area contributed by atoms with Gasteiger partial charge < -0.3 is 5.11 Å². The van der Waals surface area contributed by atoms with Crippen LogP contribution in [0.4, 0.5) is 0 Å². The summed E-state index contributed by atoms with van der Waals surface area (Å²) in [6.45, 7) is 0.373. The summed E-state index contributed by atoms with van der Waals surface area (Å²) in [6, 6.07) is 7.54. The van der Waals surface area contributed by atoms with Crippen molar-refractivity contribution in [2.45, 2.75) is 13.0 Å². The fourth-order valence-corrected chi connectivity index (χ4v) is 1.41. The van der Waals surface area contributed by atoms with Gasteiger partial charge in [-0.1, -0.05) is 10.7 Å². The van der Waals surface area contributed by atoms with Crippen LogP contribution in [0.2, 0.25) is 0 Å². The lowest BCUT2D eigenvalue weighted by atomic mass is 10.2. The highest BCUT2D eigenvalue weighted by molar-refractivity contribution is 5.66. The van der Waals surface area contributed by atoms with Gasteiger partial charge in [0.1, 0.15) is 12.6 Å². The number of pyridine rings is 1. The third-order valence-electron chi connectivity index (χ3n) is 2.29. The molecule has 5 nitrogen and oxygen atoms in total. The average Bonchev–Trinajstić information content (AvgIpc) is 2.38. The summed E-state index contributed by atoms with van der Waals surface area (Å²) in [6.07, 6.45) is 5.23. The second-order valence-electron chi connectivity index (χ2n) is 3.54. The van der Waals surface area contributed by atoms with E-state index in [9.17, 15) is 4.79 Å². The number of aryl methyl sites for hydroxylation is 1. The Bertz CT molecular complexity index is 497. The number of aliphatic carboxylic acids is 1. The minimum Gasteiger partial charge on any atom is -0.481 e. The molecule has 17 heavy (non-hydrogen) atoms. The van der Waals surface area contributed by atoms with E-state index < -0.39 is 5.97 Å². The molecule has 0 atom stereocenters. The lowest BCUT2D eigenvalue weighted by Crippen LogP contribution is -2.38. The molecule has 2 aromatic heterocycles. The van der Waals surface area contributed by atoms with E-state index in [1.807, 2.05) is 24.3 Å². The van der Waals surface area contributed by atoms with Crippen LogP contribution in [0.1, 0.15) is 6.42 Å². The van der Waals surface area contributed by atoms with Gasteiger partial charge in [0.05, 0.1) is 5.69 Å². The zero-order valence-corrected chi connectivity index (χ0v) is 9.15. The summed E-state index contributed by atoms with van der Waals surface area (Å²) < 4.78 is 1.60. The molecule has 1 N–H and O–H groups in total. The molecule has 0 saturated heterocycles. The topological polar surface area (TPSA) is 67.0 Å². The predicted molar refractivity (Wildman–Crippen MR) is 59.9 cm³/mol. The van der Waals surface area contributed by atoms with Crippen molar-refractivity contribution in [2.24, 2.45) is 0 Å². The van der Waals surface area contributed by atoms with Crippen LogP contribution in [-0.4, -0.2) is 21.2 Å². The molecule has 5 heteroatoms. The SMILES string of the molecule is O=C(O)CC[n+]1ccc(-c2ccccn2)cn1. The number of rotatable bonds is 4. The number of carboxylic acid groups (broad SMARTS) is 1. The van der Waals surface area contributed by atoms with Crippen LogP contribution in [0.15, 0.2) is 42.9 Å². The van der Waals surface area contributed by atoms with E-state index in [0.717, 1.165) is 11.3 Å². The van der Waals surface area contributed by atoms with Gasteiger partial charge in [0, 0.05) is 17.8 Å². The van der Waals surface area contributed by atoms with Gasteiger partial charge in [-0.2, -0.15) is 0 Å². The van der Waals surface area contributed by atoms with E-state index in [2.05, 4.69) is 10.1 Å². The van der Waals surface area contributed by atoms with Crippen LogP contribution in [0.5, 0.6) is 0 Å². The molecule has 0 bridgehead atoms. The maximum Gasteiger partial charge on any atom is 0.309 e. The van der Waals surface area contributed by atoms with Crippen molar-refractivity contribution < 1.29 is 14.6 Å². The Balaban J connectivity index is 2.11. The summed E-state index contributed by atoms with van der Waals surface area (Å²) in [5.41, 5.74) is 1.77. The van der Waals surface area contributed by atoms with E-state index in [1.54, 1.807) is 23.3 Å². The van der Waals surface area contributed by atoms with Crippen LogP contribution in [0, 0.1) is 0 Å². The largest absolute Gasteiger partial charge is 0.481 e. The number of hydrogen-bond donors (Lipinski definition) is 1. The van der Waals surface area contributed by atoms with E-state index in [0.29, 0.717) is 6.54 Å². The second-order valence-corrected chi connectivity index (χ2v) is 3.54. The molecule has 86 valence electrons. The first-order valence-corrected chi connectivity index (χ1v) is 5.25. The Kier molecular flexibility index (Phi) is 3.40. The zero-order chi connectivity index (χ0) is 12.1. The Morgan fingerprint density at radius 1 is 1.35 bits per heavy atom. The molecular weight excluding hydrogens is 218 g/mol. The van der Waals surface area contributed by atoms with E-state index >= 15 is 0 Å². The molecule has 0 radical (unpaired) electrons. The van der Waals surface area contributed by atoms with Crippen molar-refractivity contribution in [3.63, 3.8) is 0 Å².